The number of aryl methyl sites for hydroxylation is 1. The summed E-state index contributed by atoms with van der Waals surface area (Å²) >= 11 is 5.22. The van der Waals surface area contributed by atoms with Crippen LogP contribution in [0, 0.1) is 0 Å². The predicted molar refractivity (Wildman–Crippen MR) is 83.3 cm³/mol. The van der Waals surface area contributed by atoms with Crippen molar-refractivity contribution in [2.24, 2.45) is 0 Å². The van der Waals surface area contributed by atoms with Gasteiger partial charge in [0.1, 0.15) is 6.04 Å². The van der Waals surface area contributed by atoms with Crippen molar-refractivity contribution in [3.63, 3.8) is 0 Å². The van der Waals surface area contributed by atoms with Crippen molar-refractivity contribution in [1.29, 1.82) is 0 Å². The third kappa shape index (κ3) is 4.87. The van der Waals surface area contributed by atoms with Gasteiger partial charge in [-0.2, -0.15) is 0 Å². The van der Waals surface area contributed by atoms with E-state index in [0.29, 0.717) is 11.7 Å². The Labute approximate surface area is 120 Å². The van der Waals surface area contributed by atoms with E-state index < -0.39 is 0 Å². The van der Waals surface area contributed by atoms with Crippen LogP contribution in [0.1, 0.15) is 26.3 Å². The number of anilines is 1. The summed E-state index contributed by atoms with van der Waals surface area (Å²) in [7, 11) is 0. The summed E-state index contributed by atoms with van der Waals surface area (Å²) in [5.41, 5.74) is 2.17. The second-order valence-corrected chi connectivity index (χ2v) is 4.63. The normalized spacial score (nSPS) is 11.5. The molecule has 0 spiro atoms. The first-order valence-electron chi connectivity index (χ1n) is 6.51. The Bertz CT molecular complexity index is 448. The second kappa shape index (κ2) is 7.74. The van der Waals surface area contributed by atoms with Crippen molar-refractivity contribution in [3.05, 3.63) is 29.8 Å². The molecular weight excluding hydrogens is 258 g/mol. The maximum absolute atomic E-state index is 11.6. The first-order chi connectivity index (χ1) is 9.08. The van der Waals surface area contributed by atoms with Crippen LogP contribution in [0.15, 0.2) is 24.3 Å². The van der Waals surface area contributed by atoms with E-state index in [0.717, 1.165) is 12.1 Å². The van der Waals surface area contributed by atoms with E-state index in [1.165, 1.54) is 5.56 Å². The second-order valence-electron chi connectivity index (χ2n) is 4.23. The van der Waals surface area contributed by atoms with Crippen LogP contribution < -0.4 is 16.0 Å². The fourth-order valence-corrected chi connectivity index (χ4v) is 1.99. The number of rotatable bonds is 5. The number of hydrogen-bond donors (Lipinski definition) is 3. The van der Waals surface area contributed by atoms with Crippen molar-refractivity contribution in [2.75, 3.05) is 11.9 Å². The molecule has 0 aromatic heterocycles. The van der Waals surface area contributed by atoms with Crippen LogP contribution in [0.5, 0.6) is 0 Å². The number of thiocarbonyl (C=S) groups is 1. The minimum Gasteiger partial charge on any atom is -0.355 e. The lowest BCUT2D eigenvalue weighted by atomic mass is 10.1. The lowest BCUT2D eigenvalue weighted by Crippen LogP contribution is -2.46. The van der Waals surface area contributed by atoms with Gasteiger partial charge in [0.2, 0.25) is 5.91 Å². The van der Waals surface area contributed by atoms with E-state index in [9.17, 15) is 4.79 Å². The Hall–Kier alpha value is -1.62. The van der Waals surface area contributed by atoms with Gasteiger partial charge in [0, 0.05) is 12.2 Å². The van der Waals surface area contributed by atoms with Crippen LogP contribution in [-0.2, 0) is 11.2 Å². The Balaban J connectivity index is 2.58. The molecule has 3 N–H and O–H groups in total. The van der Waals surface area contributed by atoms with Crippen molar-refractivity contribution in [3.8, 4) is 0 Å². The number of nitrogens with one attached hydrogen (secondary N) is 3. The van der Waals surface area contributed by atoms with Crippen molar-refractivity contribution in [2.45, 2.75) is 33.2 Å². The summed E-state index contributed by atoms with van der Waals surface area (Å²) in [5, 5.41) is 9.31. The quantitative estimate of drug-likeness (QED) is 0.722. The molecule has 0 aliphatic rings. The van der Waals surface area contributed by atoms with Gasteiger partial charge in [0.05, 0.1) is 0 Å². The third-order valence-corrected chi connectivity index (χ3v) is 2.96. The highest BCUT2D eigenvalue weighted by molar-refractivity contribution is 7.80. The van der Waals surface area contributed by atoms with Crippen molar-refractivity contribution < 1.29 is 4.79 Å². The minimum absolute atomic E-state index is 0.0598. The Morgan fingerprint density at radius 2 is 2.00 bits per heavy atom. The van der Waals surface area contributed by atoms with Gasteiger partial charge >= 0.3 is 0 Å². The molecule has 19 heavy (non-hydrogen) atoms. The molecule has 0 saturated carbocycles. The number of amides is 1. The highest BCUT2D eigenvalue weighted by Gasteiger charge is 2.12. The Morgan fingerprint density at radius 3 is 2.63 bits per heavy atom. The minimum atomic E-state index is -0.353. The van der Waals surface area contributed by atoms with Crippen LogP contribution in [-0.4, -0.2) is 23.6 Å². The Morgan fingerprint density at radius 1 is 1.32 bits per heavy atom. The van der Waals surface area contributed by atoms with Gasteiger partial charge < -0.3 is 16.0 Å². The van der Waals surface area contributed by atoms with E-state index in [1.54, 1.807) is 6.92 Å². The summed E-state index contributed by atoms with van der Waals surface area (Å²) in [5.74, 6) is -0.0598. The largest absolute Gasteiger partial charge is 0.355 e. The summed E-state index contributed by atoms with van der Waals surface area (Å²) in [6, 6.07) is 7.63. The smallest absolute Gasteiger partial charge is 0.242 e. The molecule has 0 unspecified atom stereocenters. The van der Waals surface area contributed by atoms with Gasteiger partial charge in [-0.15, -0.1) is 0 Å². The van der Waals surface area contributed by atoms with E-state index in [1.807, 2.05) is 25.1 Å². The van der Waals surface area contributed by atoms with Gasteiger partial charge in [-0.25, -0.2) is 0 Å². The number of carbonyl (C=O) groups is 1. The SMILES string of the molecule is CCNC(=O)[C@H](C)NC(=S)Nc1ccccc1CC. The molecule has 0 aliphatic heterocycles. The zero-order chi connectivity index (χ0) is 14.3. The van der Waals surface area contributed by atoms with Crippen LogP contribution in [0.25, 0.3) is 0 Å². The summed E-state index contributed by atoms with van der Waals surface area (Å²) in [6.45, 7) is 6.38. The number of hydrogen-bond acceptors (Lipinski definition) is 2. The zero-order valence-corrected chi connectivity index (χ0v) is 12.4. The molecule has 5 heteroatoms. The number of para-hydroxylation sites is 1. The zero-order valence-electron chi connectivity index (χ0n) is 11.6. The topological polar surface area (TPSA) is 53.2 Å². The maximum atomic E-state index is 11.6. The van der Waals surface area contributed by atoms with Crippen LogP contribution in [0.2, 0.25) is 0 Å². The molecule has 4 nitrogen and oxygen atoms in total. The molecule has 0 bridgehead atoms. The molecule has 0 fully saturated rings. The molecule has 1 aromatic carbocycles. The number of likely N-dealkylation sites (N-methyl/N-ethyl adjacent to an activating group) is 1. The molecule has 104 valence electrons. The maximum Gasteiger partial charge on any atom is 0.242 e. The summed E-state index contributed by atoms with van der Waals surface area (Å²) < 4.78 is 0. The average Bonchev–Trinajstić information content (AvgIpc) is 2.39. The molecule has 1 aromatic rings. The molecule has 0 radical (unpaired) electrons. The molecule has 0 aliphatic carbocycles. The monoisotopic (exact) mass is 279 g/mol. The highest BCUT2D eigenvalue weighted by Crippen LogP contribution is 2.15. The standard InChI is InChI=1S/C14H21N3OS/c1-4-11-8-6-7-9-12(11)17-14(19)16-10(3)13(18)15-5-2/h6-10H,4-5H2,1-3H3,(H,15,18)(H2,16,17,19)/t10-/m0/s1. The van der Waals surface area contributed by atoms with Gasteiger partial charge in [0.25, 0.3) is 0 Å². The molecule has 1 amide bonds. The predicted octanol–water partition coefficient (Wildman–Crippen LogP) is 2.06. The van der Waals surface area contributed by atoms with E-state index >= 15 is 0 Å². The van der Waals surface area contributed by atoms with E-state index in [-0.39, 0.29) is 11.9 Å². The number of carbonyl (C=O) groups excluding carboxylic acids is 1. The van der Waals surface area contributed by atoms with Crippen molar-refractivity contribution >= 4 is 28.9 Å². The van der Waals surface area contributed by atoms with Crippen LogP contribution in [0.4, 0.5) is 5.69 Å². The first kappa shape index (κ1) is 15.4. The highest BCUT2D eigenvalue weighted by atomic mass is 32.1. The van der Waals surface area contributed by atoms with E-state index in [4.69, 9.17) is 12.2 Å². The average molecular weight is 279 g/mol. The van der Waals surface area contributed by atoms with Gasteiger partial charge in [-0.05, 0) is 44.1 Å². The fourth-order valence-electron chi connectivity index (χ4n) is 1.70. The van der Waals surface area contributed by atoms with Crippen LogP contribution in [0.3, 0.4) is 0 Å². The lowest BCUT2D eigenvalue weighted by Gasteiger charge is -2.17. The molecule has 1 rings (SSSR count). The first-order valence-corrected chi connectivity index (χ1v) is 6.92. The van der Waals surface area contributed by atoms with Crippen molar-refractivity contribution in [1.82, 2.24) is 10.6 Å². The summed E-state index contributed by atoms with van der Waals surface area (Å²) in [6.07, 6.45) is 0.928. The Kier molecular flexibility index (Phi) is 6.29. The molecule has 1 atom stereocenters. The van der Waals surface area contributed by atoms with Gasteiger partial charge in [-0.1, -0.05) is 25.1 Å². The third-order valence-electron chi connectivity index (χ3n) is 2.74. The van der Waals surface area contributed by atoms with Gasteiger partial charge in [0.15, 0.2) is 5.11 Å². The van der Waals surface area contributed by atoms with Gasteiger partial charge in [-0.3, -0.25) is 4.79 Å². The fraction of sp³-hybridized carbons (Fsp3) is 0.429. The molecule has 0 saturated heterocycles. The number of benzene rings is 1. The van der Waals surface area contributed by atoms with Crippen LogP contribution >= 0.6 is 12.2 Å². The lowest BCUT2D eigenvalue weighted by molar-refractivity contribution is -0.122. The van der Waals surface area contributed by atoms with E-state index in [2.05, 4.69) is 28.9 Å². The molecular formula is C14H21N3OS. The molecule has 0 heterocycles. The summed E-state index contributed by atoms with van der Waals surface area (Å²) in [4.78, 5) is 11.6.